The van der Waals surface area contributed by atoms with Crippen molar-refractivity contribution in [1.82, 2.24) is 14.5 Å². The van der Waals surface area contributed by atoms with E-state index in [-0.39, 0.29) is 23.1 Å². The molecule has 9 heteroatoms. The topological polar surface area (TPSA) is 88.9 Å². The van der Waals surface area contributed by atoms with Gasteiger partial charge in [0.1, 0.15) is 0 Å². The monoisotopic (exact) mass is 543 g/mol. The van der Waals surface area contributed by atoms with E-state index >= 15 is 0 Å². The van der Waals surface area contributed by atoms with Crippen LogP contribution in [0.1, 0.15) is 12.5 Å². The summed E-state index contributed by atoms with van der Waals surface area (Å²) in [5, 5.41) is 5.68. The normalized spacial score (nSPS) is 11.5. The van der Waals surface area contributed by atoms with Crippen LogP contribution in [-0.2, 0) is 16.6 Å². The maximum atomic E-state index is 13.2. The molecule has 7 nitrogen and oxygen atoms in total. The lowest BCUT2D eigenvalue weighted by Gasteiger charge is -2.14. The number of rotatable bonds is 6. The predicted molar refractivity (Wildman–Crippen MR) is 157 cm³/mol. The van der Waals surface area contributed by atoms with Gasteiger partial charge in [0.05, 0.1) is 21.4 Å². The first-order valence-corrected chi connectivity index (χ1v) is 13.6. The number of nitrogens with one attached hydrogen (secondary N) is 2. The van der Waals surface area contributed by atoms with Crippen LogP contribution in [0.15, 0.2) is 95.9 Å². The first-order valence-electron chi connectivity index (χ1n) is 12.1. The molecule has 0 aliphatic rings. The van der Waals surface area contributed by atoms with Crippen molar-refractivity contribution in [2.24, 2.45) is 0 Å². The highest BCUT2D eigenvalue weighted by Gasteiger charge is 2.19. The zero-order valence-electron chi connectivity index (χ0n) is 20.8. The van der Waals surface area contributed by atoms with Crippen LogP contribution in [0.3, 0.4) is 0 Å². The quantitative estimate of drug-likeness (QED) is 0.235. The molecule has 0 aliphatic heterocycles. The molecule has 0 aliphatic carbocycles. The Hall–Kier alpha value is -4.14. The number of hydrogen-bond donors (Lipinski definition) is 2. The number of benzene rings is 4. The largest absolute Gasteiger partial charge is 0.341 e. The third kappa shape index (κ3) is 4.53. The second kappa shape index (κ2) is 9.96. The molecule has 0 radical (unpaired) electrons. The lowest BCUT2D eigenvalue weighted by molar-refractivity contribution is 0.601. The van der Waals surface area contributed by atoms with Crippen LogP contribution < -0.4 is 10.0 Å². The number of aromatic nitrogens is 3. The summed E-state index contributed by atoms with van der Waals surface area (Å²) in [5.74, 6) is 0.461. The molecule has 0 bridgehead atoms. The van der Waals surface area contributed by atoms with Crippen molar-refractivity contribution in [2.75, 3.05) is 10.0 Å². The Labute approximate surface area is 227 Å². The van der Waals surface area contributed by atoms with Gasteiger partial charge in [0.25, 0.3) is 10.0 Å². The molecule has 2 heterocycles. The van der Waals surface area contributed by atoms with Gasteiger partial charge in [-0.2, -0.15) is 0 Å². The summed E-state index contributed by atoms with van der Waals surface area (Å²) in [5.41, 5.74) is 5.28. The Morgan fingerprint density at radius 2 is 1.39 bits per heavy atom. The number of fused-ring (bicyclic) bond motifs is 4. The van der Waals surface area contributed by atoms with Gasteiger partial charge in [-0.25, -0.2) is 18.4 Å². The van der Waals surface area contributed by atoms with Gasteiger partial charge in [0.2, 0.25) is 0 Å². The molecule has 0 spiro atoms. The summed E-state index contributed by atoms with van der Waals surface area (Å²) in [7, 11) is -3.87. The highest BCUT2D eigenvalue weighted by atomic mass is 35.5. The molecule has 0 fully saturated rings. The Balaban J connectivity index is 0.00000294. The average molecular weight is 544 g/mol. The number of para-hydroxylation sites is 3. The second-order valence-electron chi connectivity index (χ2n) is 8.95. The van der Waals surface area contributed by atoms with E-state index in [9.17, 15) is 8.42 Å². The molecule has 0 saturated carbocycles. The van der Waals surface area contributed by atoms with Crippen LogP contribution in [0.5, 0.6) is 0 Å². The summed E-state index contributed by atoms with van der Waals surface area (Å²) < 4.78 is 31.3. The summed E-state index contributed by atoms with van der Waals surface area (Å²) in [6, 6.07) is 28.5. The van der Waals surface area contributed by atoms with Gasteiger partial charge in [0, 0.05) is 28.5 Å². The molecule has 6 rings (SSSR count). The fraction of sp³-hybridized carbons (Fsp3) is 0.103. The first-order chi connectivity index (χ1) is 17.9. The van der Waals surface area contributed by atoms with Gasteiger partial charge >= 0.3 is 0 Å². The number of sulfonamides is 1. The minimum atomic E-state index is -3.87. The van der Waals surface area contributed by atoms with Crippen LogP contribution in [-0.4, -0.2) is 23.0 Å². The van der Waals surface area contributed by atoms with Gasteiger partial charge in [0.15, 0.2) is 11.6 Å². The fourth-order valence-electron chi connectivity index (χ4n) is 4.67. The molecule has 0 atom stereocenters. The van der Waals surface area contributed by atoms with E-state index in [4.69, 9.17) is 4.98 Å². The van der Waals surface area contributed by atoms with Crippen LogP contribution in [0, 0.1) is 6.92 Å². The van der Waals surface area contributed by atoms with E-state index in [1.54, 1.807) is 24.3 Å². The third-order valence-electron chi connectivity index (χ3n) is 6.49. The molecule has 2 N–H and O–H groups in total. The maximum absolute atomic E-state index is 13.2. The van der Waals surface area contributed by atoms with Gasteiger partial charge in [-0.15, -0.1) is 12.4 Å². The number of nitrogens with zero attached hydrogens (tertiary/aromatic N) is 3. The summed E-state index contributed by atoms with van der Waals surface area (Å²) in [6.45, 7) is 4.86. The van der Waals surface area contributed by atoms with Crippen molar-refractivity contribution in [1.29, 1.82) is 0 Å². The van der Waals surface area contributed by atoms with Crippen molar-refractivity contribution in [3.63, 3.8) is 0 Å². The lowest BCUT2D eigenvalue weighted by atomic mass is 10.1. The van der Waals surface area contributed by atoms with E-state index in [0.717, 1.165) is 28.7 Å². The lowest BCUT2D eigenvalue weighted by Crippen LogP contribution is -2.16. The minimum absolute atomic E-state index is 0. The van der Waals surface area contributed by atoms with E-state index in [1.807, 2.05) is 49.4 Å². The van der Waals surface area contributed by atoms with E-state index < -0.39 is 10.0 Å². The van der Waals surface area contributed by atoms with Crippen LogP contribution in [0.4, 0.5) is 17.3 Å². The number of hydrogen-bond acceptors (Lipinski definition) is 5. The van der Waals surface area contributed by atoms with Crippen LogP contribution in [0.25, 0.3) is 32.8 Å². The van der Waals surface area contributed by atoms with Gasteiger partial charge in [-0.1, -0.05) is 54.1 Å². The molecular weight excluding hydrogens is 518 g/mol. The Bertz CT molecular complexity index is 1900. The molecule has 6 aromatic rings. The van der Waals surface area contributed by atoms with E-state index in [0.29, 0.717) is 16.9 Å². The maximum Gasteiger partial charge on any atom is 0.263 e. The SMILES string of the molecule is CCn1c2ccccc2c2ccc(Nc3nc4ccccc4nc3NS(=O)(=O)c3ccc(C)cc3)cc21.Cl. The molecule has 2 aromatic heterocycles. The first kappa shape index (κ1) is 25.5. The number of aryl methyl sites for hydroxylation is 2. The van der Waals surface area contributed by atoms with E-state index in [2.05, 4.69) is 50.8 Å². The third-order valence-corrected chi connectivity index (χ3v) is 7.84. The Morgan fingerprint density at radius 3 is 2.11 bits per heavy atom. The summed E-state index contributed by atoms with van der Waals surface area (Å²) in [6.07, 6.45) is 0. The zero-order chi connectivity index (χ0) is 25.6. The molecule has 38 heavy (non-hydrogen) atoms. The van der Waals surface area contributed by atoms with Crippen molar-refractivity contribution >= 4 is 72.6 Å². The molecule has 0 saturated heterocycles. The standard InChI is InChI=1S/C29H25N5O2S.ClH/c1-3-34-26-11-7-4-8-22(26)23-17-14-20(18-27(23)34)30-28-29(32-25-10-6-5-9-24(25)31-28)33-37(35,36)21-15-12-19(2)13-16-21;/h4-18H,3H2,1-2H3,(H,30,31)(H,32,33);1H. The molecule has 0 amide bonds. The fourth-order valence-corrected chi connectivity index (χ4v) is 5.68. The number of halogens is 1. The molecule has 192 valence electrons. The Kier molecular flexibility index (Phi) is 6.69. The minimum Gasteiger partial charge on any atom is -0.341 e. The van der Waals surface area contributed by atoms with Gasteiger partial charge in [-0.05, 0) is 56.3 Å². The second-order valence-corrected chi connectivity index (χ2v) is 10.6. The van der Waals surface area contributed by atoms with E-state index in [1.165, 1.54) is 10.9 Å². The van der Waals surface area contributed by atoms with Crippen molar-refractivity contribution in [3.05, 3.63) is 96.6 Å². The highest BCUT2D eigenvalue weighted by Crippen LogP contribution is 2.33. The molecule has 0 unspecified atom stereocenters. The molecule has 4 aromatic carbocycles. The van der Waals surface area contributed by atoms with Crippen molar-refractivity contribution in [2.45, 2.75) is 25.3 Å². The average Bonchev–Trinajstić information content (AvgIpc) is 3.22. The Morgan fingerprint density at radius 1 is 0.763 bits per heavy atom. The zero-order valence-corrected chi connectivity index (χ0v) is 22.5. The smallest absolute Gasteiger partial charge is 0.263 e. The highest BCUT2D eigenvalue weighted by molar-refractivity contribution is 7.92. The van der Waals surface area contributed by atoms with Crippen LogP contribution >= 0.6 is 12.4 Å². The van der Waals surface area contributed by atoms with Crippen LogP contribution in [0.2, 0.25) is 0 Å². The predicted octanol–water partition coefficient (Wildman–Crippen LogP) is 7.03. The van der Waals surface area contributed by atoms with Gasteiger partial charge in [-0.3, -0.25) is 4.72 Å². The van der Waals surface area contributed by atoms with Crippen molar-refractivity contribution in [3.8, 4) is 0 Å². The van der Waals surface area contributed by atoms with Gasteiger partial charge < -0.3 is 9.88 Å². The summed E-state index contributed by atoms with van der Waals surface area (Å²) >= 11 is 0. The van der Waals surface area contributed by atoms with Crippen molar-refractivity contribution < 1.29 is 8.42 Å². The molecular formula is C29H26ClN5O2S. The summed E-state index contributed by atoms with van der Waals surface area (Å²) in [4.78, 5) is 9.49. The number of anilines is 3.